The third-order valence-corrected chi connectivity index (χ3v) is 5.92. The van der Waals surface area contributed by atoms with Gasteiger partial charge in [-0.3, -0.25) is 9.52 Å². The zero-order valence-electron chi connectivity index (χ0n) is 15.9. The standard InChI is InChI=1S/C20H22N2O5S/c1-4-27-20(24)15-6-5-7-17(11-15)21-28(25,26)18-8-9-19-16(12-18)10-13(2)22(19)14(3)23/h5-9,11-13,21H,4,10H2,1-3H3. The van der Waals surface area contributed by atoms with Gasteiger partial charge in [0.2, 0.25) is 5.91 Å². The predicted molar refractivity (Wildman–Crippen MR) is 106 cm³/mol. The molecular weight excluding hydrogens is 380 g/mol. The van der Waals surface area contributed by atoms with Crippen LogP contribution in [0.25, 0.3) is 0 Å². The van der Waals surface area contributed by atoms with Crippen molar-refractivity contribution in [1.82, 2.24) is 0 Å². The van der Waals surface area contributed by atoms with Gasteiger partial charge in [-0.2, -0.15) is 0 Å². The maximum atomic E-state index is 12.8. The Labute approximate surface area is 164 Å². The summed E-state index contributed by atoms with van der Waals surface area (Å²) in [4.78, 5) is 25.4. The SMILES string of the molecule is CCOC(=O)c1cccc(NS(=O)(=O)c2ccc3c(c2)CC(C)N3C(C)=O)c1. The average molecular weight is 402 g/mol. The molecule has 1 aliphatic heterocycles. The van der Waals surface area contributed by atoms with Crippen LogP contribution in [0.3, 0.4) is 0 Å². The molecule has 0 bridgehead atoms. The summed E-state index contributed by atoms with van der Waals surface area (Å²) in [7, 11) is -3.85. The van der Waals surface area contributed by atoms with Gasteiger partial charge < -0.3 is 9.64 Å². The molecule has 0 spiro atoms. The number of benzene rings is 2. The Morgan fingerprint density at radius 3 is 2.64 bits per heavy atom. The number of hydrogen-bond acceptors (Lipinski definition) is 5. The van der Waals surface area contributed by atoms with E-state index in [2.05, 4.69) is 4.72 Å². The largest absolute Gasteiger partial charge is 0.462 e. The predicted octanol–water partition coefficient (Wildman–Crippen LogP) is 2.96. The van der Waals surface area contributed by atoms with E-state index in [-0.39, 0.29) is 34.7 Å². The maximum Gasteiger partial charge on any atom is 0.338 e. The van der Waals surface area contributed by atoms with Crippen LogP contribution in [0.15, 0.2) is 47.4 Å². The zero-order valence-corrected chi connectivity index (χ0v) is 16.7. The highest BCUT2D eigenvalue weighted by Gasteiger charge is 2.30. The fourth-order valence-electron chi connectivity index (χ4n) is 3.39. The van der Waals surface area contributed by atoms with Gasteiger partial charge in [0.05, 0.1) is 17.1 Å². The van der Waals surface area contributed by atoms with Crippen molar-refractivity contribution >= 4 is 33.3 Å². The number of sulfonamides is 1. The first-order valence-corrected chi connectivity index (χ1v) is 10.4. The minimum absolute atomic E-state index is 0.0142. The molecule has 0 fully saturated rings. The van der Waals surface area contributed by atoms with Gasteiger partial charge in [-0.25, -0.2) is 13.2 Å². The Morgan fingerprint density at radius 1 is 1.21 bits per heavy atom. The van der Waals surface area contributed by atoms with Crippen molar-refractivity contribution in [3.05, 3.63) is 53.6 Å². The maximum absolute atomic E-state index is 12.8. The van der Waals surface area contributed by atoms with E-state index < -0.39 is 16.0 Å². The first-order chi connectivity index (χ1) is 13.2. The van der Waals surface area contributed by atoms with Crippen LogP contribution in [0.2, 0.25) is 0 Å². The lowest BCUT2D eigenvalue weighted by atomic mass is 10.1. The second-order valence-electron chi connectivity index (χ2n) is 6.64. The topological polar surface area (TPSA) is 92.8 Å². The van der Waals surface area contributed by atoms with Crippen molar-refractivity contribution in [2.24, 2.45) is 0 Å². The molecule has 148 valence electrons. The molecule has 28 heavy (non-hydrogen) atoms. The summed E-state index contributed by atoms with van der Waals surface area (Å²) in [6.45, 7) is 5.36. The number of anilines is 2. The molecule has 0 saturated heterocycles. The monoisotopic (exact) mass is 402 g/mol. The van der Waals surface area contributed by atoms with E-state index in [1.54, 1.807) is 42.2 Å². The second-order valence-corrected chi connectivity index (χ2v) is 8.32. The fourth-order valence-corrected chi connectivity index (χ4v) is 4.49. The van der Waals surface area contributed by atoms with E-state index >= 15 is 0 Å². The van der Waals surface area contributed by atoms with Crippen LogP contribution in [0.5, 0.6) is 0 Å². The highest BCUT2D eigenvalue weighted by atomic mass is 32.2. The highest BCUT2D eigenvalue weighted by molar-refractivity contribution is 7.92. The Balaban J connectivity index is 1.87. The number of amides is 1. The average Bonchev–Trinajstić information content (AvgIpc) is 2.96. The van der Waals surface area contributed by atoms with Gasteiger partial charge in [0, 0.05) is 24.3 Å². The van der Waals surface area contributed by atoms with E-state index in [9.17, 15) is 18.0 Å². The summed E-state index contributed by atoms with van der Waals surface area (Å²) in [5, 5.41) is 0. The number of esters is 1. The molecule has 2 aromatic rings. The van der Waals surface area contributed by atoms with Gasteiger partial charge in [0.1, 0.15) is 0 Å². The molecule has 1 aliphatic rings. The summed E-state index contributed by atoms with van der Waals surface area (Å²) in [6.07, 6.45) is 0.594. The number of rotatable bonds is 5. The Kier molecular flexibility index (Phi) is 5.42. The third-order valence-electron chi connectivity index (χ3n) is 4.54. The molecule has 7 nitrogen and oxygen atoms in total. The molecular formula is C20H22N2O5S. The lowest BCUT2D eigenvalue weighted by molar-refractivity contribution is -0.116. The number of fused-ring (bicyclic) bond motifs is 1. The van der Waals surface area contributed by atoms with E-state index in [0.717, 1.165) is 11.3 Å². The van der Waals surface area contributed by atoms with Crippen molar-refractivity contribution in [2.75, 3.05) is 16.2 Å². The highest BCUT2D eigenvalue weighted by Crippen LogP contribution is 2.34. The van der Waals surface area contributed by atoms with Crippen LogP contribution in [0.1, 0.15) is 36.7 Å². The molecule has 0 radical (unpaired) electrons. The van der Waals surface area contributed by atoms with Gasteiger partial charge in [0.25, 0.3) is 10.0 Å². The minimum Gasteiger partial charge on any atom is -0.462 e. The molecule has 3 rings (SSSR count). The summed E-state index contributed by atoms with van der Waals surface area (Å²) in [5.74, 6) is -0.588. The van der Waals surface area contributed by atoms with Gasteiger partial charge >= 0.3 is 5.97 Å². The molecule has 0 aliphatic carbocycles. The fraction of sp³-hybridized carbons (Fsp3) is 0.300. The first kappa shape index (κ1) is 19.9. The molecule has 1 amide bonds. The molecule has 2 aromatic carbocycles. The van der Waals surface area contributed by atoms with Crippen molar-refractivity contribution in [1.29, 1.82) is 0 Å². The van der Waals surface area contributed by atoms with Gasteiger partial charge in [0.15, 0.2) is 0 Å². The number of hydrogen-bond donors (Lipinski definition) is 1. The lowest BCUT2D eigenvalue weighted by Gasteiger charge is -2.20. The van der Waals surface area contributed by atoms with Crippen LogP contribution in [-0.2, 0) is 26.0 Å². The summed E-state index contributed by atoms with van der Waals surface area (Å²) < 4.78 is 33.0. The van der Waals surface area contributed by atoms with E-state index in [1.165, 1.54) is 19.1 Å². The zero-order chi connectivity index (χ0) is 20.5. The minimum atomic E-state index is -3.85. The number of carbonyl (C=O) groups excluding carboxylic acids is 2. The second kappa shape index (κ2) is 7.63. The van der Waals surface area contributed by atoms with Crippen molar-refractivity contribution in [3.8, 4) is 0 Å². The summed E-state index contributed by atoms with van der Waals surface area (Å²) in [6, 6.07) is 10.8. The molecule has 1 unspecified atom stereocenters. The van der Waals surface area contributed by atoms with Crippen LogP contribution < -0.4 is 9.62 Å². The summed E-state index contributed by atoms with van der Waals surface area (Å²) in [5.41, 5.74) is 2.08. The number of nitrogens with one attached hydrogen (secondary N) is 1. The van der Waals surface area contributed by atoms with Crippen molar-refractivity contribution in [3.63, 3.8) is 0 Å². The van der Waals surface area contributed by atoms with Crippen LogP contribution >= 0.6 is 0 Å². The lowest BCUT2D eigenvalue weighted by Crippen LogP contribution is -2.33. The Bertz CT molecular complexity index is 1030. The summed E-state index contributed by atoms with van der Waals surface area (Å²) >= 11 is 0. The van der Waals surface area contributed by atoms with Crippen LogP contribution in [0.4, 0.5) is 11.4 Å². The third kappa shape index (κ3) is 3.87. The normalized spacial score (nSPS) is 15.8. The van der Waals surface area contributed by atoms with E-state index in [4.69, 9.17) is 4.74 Å². The molecule has 8 heteroatoms. The first-order valence-electron chi connectivity index (χ1n) is 8.95. The van der Waals surface area contributed by atoms with Gasteiger partial charge in [-0.05, 0) is 62.2 Å². The van der Waals surface area contributed by atoms with E-state index in [0.29, 0.717) is 6.42 Å². The molecule has 1 atom stereocenters. The molecule has 1 heterocycles. The van der Waals surface area contributed by atoms with E-state index in [1.807, 2.05) is 6.92 Å². The van der Waals surface area contributed by atoms with Crippen LogP contribution in [0, 0.1) is 0 Å². The molecule has 1 N–H and O–H groups in total. The quantitative estimate of drug-likeness (QED) is 0.776. The number of ether oxygens (including phenoxy) is 1. The van der Waals surface area contributed by atoms with Gasteiger partial charge in [-0.15, -0.1) is 0 Å². The van der Waals surface area contributed by atoms with Crippen LogP contribution in [-0.4, -0.2) is 32.9 Å². The Morgan fingerprint density at radius 2 is 1.96 bits per heavy atom. The molecule has 0 aromatic heterocycles. The van der Waals surface area contributed by atoms with Crippen molar-refractivity contribution in [2.45, 2.75) is 38.1 Å². The number of nitrogens with zero attached hydrogens (tertiary/aromatic N) is 1. The van der Waals surface area contributed by atoms with Crippen molar-refractivity contribution < 1.29 is 22.7 Å². The molecule has 0 saturated carbocycles. The van der Waals surface area contributed by atoms with Gasteiger partial charge in [-0.1, -0.05) is 6.07 Å². The number of carbonyl (C=O) groups is 2. The smallest absolute Gasteiger partial charge is 0.338 e. The Hall–Kier alpha value is -2.87.